The van der Waals surface area contributed by atoms with Crippen molar-refractivity contribution < 1.29 is 9.72 Å². The molecule has 3 N–H and O–H groups in total. The van der Waals surface area contributed by atoms with Crippen molar-refractivity contribution in [2.24, 2.45) is 0 Å². The summed E-state index contributed by atoms with van der Waals surface area (Å²) in [5.41, 5.74) is 6.26. The fourth-order valence-corrected chi connectivity index (χ4v) is 3.16. The summed E-state index contributed by atoms with van der Waals surface area (Å²) < 4.78 is 0. The molecule has 9 nitrogen and oxygen atoms in total. The Labute approximate surface area is 151 Å². The van der Waals surface area contributed by atoms with Crippen LogP contribution in [0.4, 0.5) is 17.3 Å². The van der Waals surface area contributed by atoms with Gasteiger partial charge in [0.2, 0.25) is 11.9 Å². The summed E-state index contributed by atoms with van der Waals surface area (Å²) in [4.78, 5) is 30.1. The Balaban J connectivity index is 2.04. The number of hydrogen-bond acceptors (Lipinski definition) is 9. The number of rotatable bonds is 6. The molecule has 1 aromatic carbocycles. The van der Waals surface area contributed by atoms with Gasteiger partial charge >= 0.3 is 0 Å². The van der Waals surface area contributed by atoms with Crippen molar-refractivity contribution in [1.82, 2.24) is 9.97 Å². The maximum atomic E-state index is 12.0. The second-order valence-corrected chi connectivity index (χ2v) is 6.28. The maximum absolute atomic E-state index is 12.0. The molecular weight excluding hydrogens is 364 g/mol. The Morgan fingerprint density at radius 1 is 1.36 bits per heavy atom. The fraction of sp³-hybridized carbons (Fsp3) is 0.143. The van der Waals surface area contributed by atoms with Crippen LogP contribution in [0.3, 0.4) is 0 Å². The normalized spacial score (nSPS) is 10.1. The lowest BCUT2D eigenvalue weighted by atomic mass is 10.3. The molecule has 0 aliphatic carbocycles. The van der Waals surface area contributed by atoms with E-state index in [0.29, 0.717) is 15.7 Å². The third-order valence-corrected chi connectivity index (χ3v) is 4.52. The number of amides is 1. The largest absolute Gasteiger partial charge is 0.368 e. The summed E-state index contributed by atoms with van der Waals surface area (Å²) >= 11 is 2.33. The fourth-order valence-electron chi connectivity index (χ4n) is 1.78. The van der Waals surface area contributed by atoms with E-state index < -0.39 is 4.92 Å². The van der Waals surface area contributed by atoms with E-state index >= 15 is 0 Å². The minimum absolute atomic E-state index is 0.00403. The molecule has 0 fully saturated rings. The number of nitrogen functional groups attached to an aromatic ring is 1. The van der Waals surface area contributed by atoms with Crippen molar-refractivity contribution in [3.05, 3.63) is 39.9 Å². The monoisotopic (exact) mass is 376 g/mol. The molecule has 25 heavy (non-hydrogen) atoms. The number of thioether (sulfide) groups is 2. The average Bonchev–Trinajstić information content (AvgIpc) is 2.59. The van der Waals surface area contributed by atoms with E-state index in [1.54, 1.807) is 6.26 Å². The Bertz CT molecular complexity index is 851. The number of hydrogen-bond donors (Lipinski definition) is 2. The molecule has 2 aromatic rings. The average molecular weight is 376 g/mol. The molecule has 0 aliphatic rings. The van der Waals surface area contributed by atoms with Crippen LogP contribution in [0, 0.1) is 21.4 Å². The highest BCUT2D eigenvalue weighted by atomic mass is 32.2. The number of anilines is 2. The van der Waals surface area contributed by atoms with Crippen molar-refractivity contribution in [3.8, 4) is 6.07 Å². The molecule has 0 atom stereocenters. The standard InChI is InChI=1S/C14H12N6O3S2/c1-24-12-10(6-15)13(19-14(16)18-12)25-7-11(21)17-8-2-4-9(5-3-8)20(22)23/h2-5H,7H2,1H3,(H,17,21)(H2,16,18,19). The second kappa shape index (κ2) is 8.32. The minimum Gasteiger partial charge on any atom is -0.368 e. The summed E-state index contributed by atoms with van der Waals surface area (Å²) in [7, 11) is 0. The van der Waals surface area contributed by atoms with Crippen LogP contribution < -0.4 is 11.1 Å². The summed E-state index contributed by atoms with van der Waals surface area (Å²) in [6.07, 6.45) is 1.76. The molecule has 0 radical (unpaired) electrons. The predicted octanol–water partition coefficient (Wildman–Crippen LogP) is 2.29. The zero-order valence-electron chi connectivity index (χ0n) is 12.9. The zero-order chi connectivity index (χ0) is 18.4. The van der Waals surface area contributed by atoms with Crippen LogP contribution in [0.25, 0.3) is 0 Å². The number of carbonyl (C=O) groups excluding carboxylic acids is 1. The van der Waals surface area contributed by atoms with E-state index in [2.05, 4.69) is 15.3 Å². The van der Waals surface area contributed by atoms with E-state index in [0.717, 1.165) is 11.8 Å². The predicted molar refractivity (Wildman–Crippen MR) is 95.4 cm³/mol. The number of nitrogens with two attached hydrogens (primary N) is 1. The van der Waals surface area contributed by atoms with Gasteiger partial charge in [-0.05, 0) is 18.4 Å². The number of nitro groups is 1. The summed E-state index contributed by atoms with van der Waals surface area (Å²) in [6, 6.07) is 7.49. The third kappa shape index (κ3) is 4.82. The van der Waals surface area contributed by atoms with Gasteiger partial charge in [-0.3, -0.25) is 14.9 Å². The highest BCUT2D eigenvalue weighted by molar-refractivity contribution is 8.00. The van der Waals surface area contributed by atoms with Crippen molar-refractivity contribution in [1.29, 1.82) is 5.26 Å². The van der Waals surface area contributed by atoms with Gasteiger partial charge in [-0.2, -0.15) is 5.26 Å². The highest BCUT2D eigenvalue weighted by Crippen LogP contribution is 2.27. The van der Waals surface area contributed by atoms with Crippen LogP contribution in [-0.2, 0) is 4.79 Å². The Kier molecular flexibility index (Phi) is 6.15. The van der Waals surface area contributed by atoms with Gasteiger partial charge in [-0.1, -0.05) is 11.8 Å². The molecule has 1 aromatic heterocycles. The lowest BCUT2D eigenvalue weighted by Crippen LogP contribution is -2.14. The Morgan fingerprint density at radius 2 is 2.00 bits per heavy atom. The number of nitro benzene ring substituents is 1. The lowest BCUT2D eigenvalue weighted by molar-refractivity contribution is -0.384. The Morgan fingerprint density at radius 3 is 2.56 bits per heavy atom. The van der Waals surface area contributed by atoms with E-state index in [4.69, 9.17) is 5.73 Å². The molecule has 128 valence electrons. The summed E-state index contributed by atoms with van der Waals surface area (Å²) in [5.74, 6) is -0.317. The Hall–Kier alpha value is -2.84. The number of benzene rings is 1. The molecule has 11 heteroatoms. The van der Waals surface area contributed by atoms with Crippen LogP contribution in [-0.4, -0.2) is 32.8 Å². The van der Waals surface area contributed by atoms with Gasteiger partial charge in [-0.25, -0.2) is 9.97 Å². The minimum atomic E-state index is -0.520. The number of non-ortho nitro benzene ring substituents is 1. The number of carbonyl (C=O) groups is 1. The zero-order valence-corrected chi connectivity index (χ0v) is 14.6. The quantitative estimate of drug-likeness (QED) is 0.335. The maximum Gasteiger partial charge on any atom is 0.269 e. The van der Waals surface area contributed by atoms with Crippen LogP contribution in [0.2, 0.25) is 0 Å². The smallest absolute Gasteiger partial charge is 0.269 e. The van der Waals surface area contributed by atoms with Gasteiger partial charge < -0.3 is 11.1 Å². The number of nitrogens with one attached hydrogen (secondary N) is 1. The molecule has 0 bridgehead atoms. The van der Waals surface area contributed by atoms with E-state index in [1.807, 2.05) is 6.07 Å². The molecule has 0 aliphatic heterocycles. The van der Waals surface area contributed by atoms with E-state index in [1.165, 1.54) is 36.0 Å². The van der Waals surface area contributed by atoms with Gasteiger partial charge in [0.15, 0.2) is 0 Å². The van der Waals surface area contributed by atoms with E-state index in [9.17, 15) is 20.2 Å². The molecule has 1 heterocycles. The first-order valence-electron chi connectivity index (χ1n) is 6.73. The number of aromatic nitrogens is 2. The van der Waals surface area contributed by atoms with Crippen LogP contribution >= 0.6 is 23.5 Å². The van der Waals surface area contributed by atoms with Gasteiger partial charge in [0, 0.05) is 17.8 Å². The van der Waals surface area contributed by atoms with Crippen LogP contribution in [0.15, 0.2) is 34.3 Å². The number of nitrogens with zero attached hydrogens (tertiary/aromatic N) is 4. The lowest BCUT2D eigenvalue weighted by Gasteiger charge is -2.08. The SMILES string of the molecule is CSc1nc(N)nc(SCC(=O)Nc2ccc([N+](=O)[O-])cc2)c1C#N. The number of nitriles is 1. The van der Waals surface area contributed by atoms with Gasteiger partial charge in [-0.15, -0.1) is 11.8 Å². The third-order valence-electron chi connectivity index (χ3n) is 2.87. The van der Waals surface area contributed by atoms with Gasteiger partial charge in [0.05, 0.1) is 10.7 Å². The molecule has 0 saturated heterocycles. The summed E-state index contributed by atoms with van der Waals surface area (Å²) in [5, 5.41) is 23.2. The van der Waals surface area contributed by atoms with Crippen molar-refractivity contribution in [2.75, 3.05) is 23.1 Å². The topological polar surface area (TPSA) is 148 Å². The molecule has 0 saturated carbocycles. The van der Waals surface area contributed by atoms with Crippen molar-refractivity contribution >= 4 is 46.8 Å². The first-order chi connectivity index (χ1) is 11.9. The molecule has 0 unspecified atom stereocenters. The highest BCUT2D eigenvalue weighted by Gasteiger charge is 2.15. The first kappa shape index (κ1) is 18.5. The van der Waals surface area contributed by atoms with Crippen molar-refractivity contribution in [3.63, 3.8) is 0 Å². The van der Waals surface area contributed by atoms with Crippen LogP contribution in [0.5, 0.6) is 0 Å². The second-order valence-electron chi connectivity index (χ2n) is 4.52. The van der Waals surface area contributed by atoms with Gasteiger partial charge in [0.1, 0.15) is 21.7 Å². The molecular formula is C14H12N6O3S2. The van der Waals surface area contributed by atoms with Gasteiger partial charge in [0.25, 0.3) is 5.69 Å². The summed E-state index contributed by atoms with van der Waals surface area (Å²) in [6.45, 7) is 0. The van der Waals surface area contributed by atoms with Crippen molar-refractivity contribution in [2.45, 2.75) is 10.1 Å². The molecule has 0 spiro atoms. The van der Waals surface area contributed by atoms with Crippen LogP contribution in [0.1, 0.15) is 5.56 Å². The van der Waals surface area contributed by atoms with E-state index in [-0.39, 0.29) is 28.9 Å². The molecule has 2 rings (SSSR count). The first-order valence-corrected chi connectivity index (χ1v) is 8.94. The molecule has 1 amide bonds.